The number of para-hydroxylation sites is 1. The first-order chi connectivity index (χ1) is 11.5. The van der Waals surface area contributed by atoms with Crippen molar-refractivity contribution in [3.05, 3.63) is 58.6 Å². The van der Waals surface area contributed by atoms with Gasteiger partial charge in [0.1, 0.15) is 5.75 Å². The van der Waals surface area contributed by atoms with Gasteiger partial charge in [-0.1, -0.05) is 29.8 Å². The van der Waals surface area contributed by atoms with Crippen LogP contribution in [-0.4, -0.2) is 25.1 Å². The Labute approximate surface area is 145 Å². The Balaban J connectivity index is 2.02. The van der Waals surface area contributed by atoms with E-state index in [1.54, 1.807) is 49.4 Å². The fraction of sp³-hybridized carbons (Fsp3) is 0.222. The van der Waals surface area contributed by atoms with E-state index in [2.05, 4.69) is 5.32 Å². The molecule has 0 fully saturated rings. The number of carbonyl (C=O) groups is 2. The van der Waals surface area contributed by atoms with Crippen molar-refractivity contribution in [1.82, 2.24) is 0 Å². The largest absolute Gasteiger partial charge is 0.482 e. The normalized spacial score (nSPS) is 10.1. The highest BCUT2D eigenvalue weighted by Gasteiger charge is 2.11. The predicted octanol–water partition coefficient (Wildman–Crippen LogP) is 3.84. The van der Waals surface area contributed by atoms with Gasteiger partial charge in [0.05, 0.1) is 17.2 Å². The van der Waals surface area contributed by atoms with E-state index in [4.69, 9.17) is 21.1 Å². The van der Waals surface area contributed by atoms with Gasteiger partial charge in [-0.2, -0.15) is 0 Å². The average Bonchev–Trinajstić information content (AvgIpc) is 2.56. The number of ether oxygens (including phenoxy) is 2. The van der Waals surface area contributed by atoms with Crippen molar-refractivity contribution < 1.29 is 19.1 Å². The van der Waals surface area contributed by atoms with Crippen LogP contribution in [0.2, 0.25) is 5.02 Å². The zero-order valence-corrected chi connectivity index (χ0v) is 14.2. The Bertz CT molecular complexity index is 746. The highest BCUT2D eigenvalue weighted by Crippen LogP contribution is 2.23. The fourth-order valence-electron chi connectivity index (χ4n) is 1.99. The van der Waals surface area contributed by atoms with Gasteiger partial charge in [-0.05, 0) is 43.7 Å². The molecule has 0 saturated carbocycles. The van der Waals surface area contributed by atoms with Crippen LogP contribution in [0.3, 0.4) is 0 Å². The molecule has 2 rings (SSSR count). The van der Waals surface area contributed by atoms with Crippen LogP contribution in [0.25, 0.3) is 0 Å². The van der Waals surface area contributed by atoms with Gasteiger partial charge < -0.3 is 14.8 Å². The summed E-state index contributed by atoms with van der Waals surface area (Å²) in [6, 6.07) is 11.9. The first-order valence-corrected chi connectivity index (χ1v) is 7.84. The minimum atomic E-state index is -0.430. The Morgan fingerprint density at radius 1 is 1.17 bits per heavy atom. The summed E-state index contributed by atoms with van der Waals surface area (Å²) >= 11 is 5.97. The molecule has 0 heterocycles. The highest BCUT2D eigenvalue weighted by atomic mass is 35.5. The SMILES string of the molecule is CCOC(=O)c1ccc(C)c(NC(=O)COc2ccccc2Cl)c1. The third-order valence-electron chi connectivity index (χ3n) is 3.22. The molecule has 1 N–H and O–H groups in total. The van der Waals surface area contributed by atoms with Crippen LogP contribution in [-0.2, 0) is 9.53 Å². The summed E-state index contributed by atoms with van der Waals surface area (Å²) in [5.74, 6) is -0.342. The molecule has 24 heavy (non-hydrogen) atoms. The Hall–Kier alpha value is -2.53. The zero-order chi connectivity index (χ0) is 17.5. The molecule has 126 valence electrons. The Kier molecular flexibility index (Phi) is 6.21. The first-order valence-electron chi connectivity index (χ1n) is 7.46. The van der Waals surface area contributed by atoms with Crippen LogP contribution in [0.15, 0.2) is 42.5 Å². The lowest BCUT2D eigenvalue weighted by Crippen LogP contribution is -2.21. The summed E-state index contributed by atoms with van der Waals surface area (Å²) in [5, 5.41) is 3.16. The average molecular weight is 348 g/mol. The van der Waals surface area contributed by atoms with Gasteiger partial charge in [0.2, 0.25) is 0 Å². The lowest BCUT2D eigenvalue weighted by Gasteiger charge is -2.11. The number of rotatable bonds is 6. The summed E-state index contributed by atoms with van der Waals surface area (Å²) in [7, 11) is 0. The molecule has 0 aromatic heterocycles. The van der Waals surface area contributed by atoms with Crippen LogP contribution >= 0.6 is 11.6 Å². The standard InChI is InChI=1S/C18H18ClNO4/c1-3-23-18(22)13-9-8-12(2)15(10-13)20-17(21)11-24-16-7-5-4-6-14(16)19/h4-10H,3,11H2,1-2H3,(H,20,21). The van der Waals surface area contributed by atoms with Crippen LogP contribution in [0.4, 0.5) is 5.69 Å². The minimum absolute atomic E-state index is 0.188. The van der Waals surface area contributed by atoms with Gasteiger partial charge in [-0.3, -0.25) is 4.79 Å². The Morgan fingerprint density at radius 3 is 2.62 bits per heavy atom. The van der Waals surface area contributed by atoms with Gasteiger partial charge in [-0.25, -0.2) is 4.79 Å². The van der Waals surface area contributed by atoms with E-state index >= 15 is 0 Å². The van der Waals surface area contributed by atoms with Crippen LogP contribution in [0.1, 0.15) is 22.8 Å². The number of benzene rings is 2. The molecule has 2 aromatic rings. The van der Waals surface area contributed by atoms with Crippen LogP contribution in [0, 0.1) is 6.92 Å². The molecule has 2 aromatic carbocycles. The summed E-state index contributed by atoms with van der Waals surface area (Å²) < 4.78 is 10.3. The van der Waals surface area contributed by atoms with Crippen molar-refractivity contribution in [2.24, 2.45) is 0 Å². The topological polar surface area (TPSA) is 64.6 Å². The molecule has 1 amide bonds. The molecule has 6 heteroatoms. The van der Waals surface area contributed by atoms with E-state index in [9.17, 15) is 9.59 Å². The second-order valence-corrected chi connectivity index (χ2v) is 5.42. The molecular weight excluding hydrogens is 330 g/mol. The van der Waals surface area contributed by atoms with E-state index in [0.29, 0.717) is 28.6 Å². The second kappa shape index (κ2) is 8.36. The summed E-state index contributed by atoms with van der Waals surface area (Å²) in [5.41, 5.74) is 1.74. The number of carbonyl (C=O) groups excluding carboxylic acids is 2. The van der Waals surface area contributed by atoms with E-state index in [1.807, 2.05) is 6.92 Å². The van der Waals surface area contributed by atoms with E-state index in [0.717, 1.165) is 5.56 Å². The maximum Gasteiger partial charge on any atom is 0.338 e. The molecule has 0 bridgehead atoms. The van der Waals surface area contributed by atoms with Gasteiger partial charge in [0, 0.05) is 5.69 Å². The molecule has 0 aliphatic heterocycles. The third-order valence-corrected chi connectivity index (χ3v) is 3.53. The monoisotopic (exact) mass is 347 g/mol. The number of anilines is 1. The molecule has 0 spiro atoms. The van der Waals surface area contributed by atoms with Crippen molar-refractivity contribution in [2.45, 2.75) is 13.8 Å². The second-order valence-electron chi connectivity index (χ2n) is 5.02. The van der Waals surface area contributed by atoms with Crippen molar-refractivity contribution in [2.75, 3.05) is 18.5 Å². The number of halogens is 1. The van der Waals surface area contributed by atoms with Crippen molar-refractivity contribution in [3.8, 4) is 5.75 Å². The maximum atomic E-state index is 12.1. The molecule has 0 aliphatic carbocycles. The Morgan fingerprint density at radius 2 is 1.92 bits per heavy atom. The number of hydrogen-bond acceptors (Lipinski definition) is 4. The fourth-order valence-corrected chi connectivity index (χ4v) is 2.18. The number of esters is 1. The summed E-state index contributed by atoms with van der Waals surface area (Å²) in [6.07, 6.45) is 0. The highest BCUT2D eigenvalue weighted by molar-refractivity contribution is 6.32. The minimum Gasteiger partial charge on any atom is -0.482 e. The summed E-state index contributed by atoms with van der Waals surface area (Å²) in [4.78, 5) is 23.8. The van der Waals surface area contributed by atoms with Crippen LogP contribution in [0.5, 0.6) is 5.75 Å². The molecular formula is C18H18ClNO4. The molecule has 0 unspecified atom stereocenters. The smallest absolute Gasteiger partial charge is 0.338 e. The predicted molar refractivity (Wildman–Crippen MR) is 92.7 cm³/mol. The number of nitrogens with one attached hydrogen (secondary N) is 1. The lowest BCUT2D eigenvalue weighted by atomic mass is 10.1. The van der Waals surface area contributed by atoms with Gasteiger partial charge in [0.15, 0.2) is 6.61 Å². The number of hydrogen-bond donors (Lipinski definition) is 1. The molecule has 0 atom stereocenters. The number of amides is 1. The quantitative estimate of drug-likeness (QED) is 0.806. The lowest BCUT2D eigenvalue weighted by molar-refractivity contribution is -0.118. The van der Waals surface area contributed by atoms with Gasteiger partial charge >= 0.3 is 5.97 Å². The molecule has 0 radical (unpaired) electrons. The van der Waals surface area contributed by atoms with E-state index < -0.39 is 5.97 Å². The molecule has 5 nitrogen and oxygen atoms in total. The van der Waals surface area contributed by atoms with Gasteiger partial charge in [-0.15, -0.1) is 0 Å². The van der Waals surface area contributed by atoms with Crippen molar-refractivity contribution in [3.63, 3.8) is 0 Å². The maximum absolute atomic E-state index is 12.1. The first kappa shape index (κ1) is 17.8. The molecule has 0 aliphatic rings. The summed E-state index contributed by atoms with van der Waals surface area (Å²) in [6.45, 7) is 3.67. The molecule has 0 saturated heterocycles. The van der Waals surface area contributed by atoms with E-state index in [1.165, 1.54) is 0 Å². The van der Waals surface area contributed by atoms with Crippen molar-refractivity contribution in [1.29, 1.82) is 0 Å². The number of aryl methyl sites for hydroxylation is 1. The van der Waals surface area contributed by atoms with Gasteiger partial charge in [0.25, 0.3) is 5.91 Å². The van der Waals surface area contributed by atoms with Crippen molar-refractivity contribution >= 4 is 29.2 Å². The van der Waals surface area contributed by atoms with Crippen LogP contribution < -0.4 is 10.1 Å². The zero-order valence-electron chi connectivity index (χ0n) is 13.5. The van der Waals surface area contributed by atoms with E-state index in [-0.39, 0.29) is 12.5 Å². The third kappa shape index (κ3) is 4.73.